The molecule has 27 heavy (non-hydrogen) atoms. The summed E-state index contributed by atoms with van der Waals surface area (Å²) in [6.07, 6.45) is 1.46. The minimum absolute atomic E-state index is 0.0723. The van der Waals surface area contributed by atoms with Crippen molar-refractivity contribution in [2.75, 3.05) is 17.7 Å². The molecule has 0 aromatic heterocycles. The number of hydrogen-bond donors (Lipinski definition) is 2. The van der Waals surface area contributed by atoms with Gasteiger partial charge < -0.3 is 15.4 Å². The first-order valence-corrected chi connectivity index (χ1v) is 8.36. The lowest BCUT2D eigenvalue weighted by atomic mass is 10.1. The maximum Gasteiger partial charge on any atom is 0.266 e. The predicted molar refractivity (Wildman–Crippen MR) is 106 cm³/mol. The largest absolute Gasteiger partial charge is 0.495 e. The van der Waals surface area contributed by atoms with Crippen LogP contribution in [0.1, 0.15) is 18.1 Å². The zero-order chi connectivity index (χ0) is 20.0. The molecule has 0 aliphatic rings. The van der Waals surface area contributed by atoms with E-state index in [-0.39, 0.29) is 11.5 Å². The Morgan fingerprint density at radius 1 is 1.19 bits per heavy atom. The van der Waals surface area contributed by atoms with Crippen LogP contribution in [0, 0.1) is 18.3 Å². The zero-order valence-electron chi connectivity index (χ0n) is 15.1. The monoisotopic (exact) mass is 383 g/mol. The van der Waals surface area contributed by atoms with E-state index in [4.69, 9.17) is 16.3 Å². The molecule has 0 spiro atoms. The van der Waals surface area contributed by atoms with Gasteiger partial charge in [0.1, 0.15) is 17.4 Å². The number of nitrogens with one attached hydrogen (secondary N) is 2. The molecular weight excluding hydrogens is 366 g/mol. The van der Waals surface area contributed by atoms with Gasteiger partial charge >= 0.3 is 0 Å². The number of rotatable bonds is 5. The van der Waals surface area contributed by atoms with Crippen LogP contribution in [0.15, 0.2) is 42.0 Å². The van der Waals surface area contributed by atoms with Crippen molar-refractivity contribution in [3.63, 3.8) is 0 Å². The van der Waals surface area contributed by atoms with Gasteiger partial charge in [-0.1, -0.05) is 23.7 Å². The zero-order valence-corrected chi connectivity index (χ0v) is 15.8. The summed E-state index contributed by atoms with van der Waals surface area (Å²) in [6.45, 7) is 3.22. The summed E-state index contributed by atoms with van der Waals surface area (Å²) in [7, 11) is 1.47. The lowest BCUT2D eigenvalue weighted by Crippen LogP contribution is -2.14. The second-order valence-electron chi connectivity index (χ2n) is 5.73. The molecule has 0 atom stereocenters. The number of halogens is 1. The third kappa shape index (κ3) is 5.33. The summed E-state index contributed by atoms with van der Waals surface area (Å²) in [5, 5.41) is 15.2. The Bertz CT molecular complexity index is 944. The first kappa shape index (κ1) is 20.0. The second kappa shape index (κ2) is 8.88. The Kier molecular flexibility index (Phi) is 6.58. The van der Waals surface area contributed by atoms with Crippen molar-refractivity contribution in [3.8, 4) is 11.8 Å². The van der Waals surface area contributed by atoms with Gasteiger partial charge in [0.05, 0.1) is 12.8 Å². The van der Waals surface area contributed by atoms with Crippen LogP contribution in [0.3, 0.4) is 0 Å². The van der Waals surface area contributed by atoms with E-state index in [1.165, 1.54) is 20.1 Å². The van der Waals surface area contributed by atoms with Gasteiger partial charge in [0, 0.05) is 23.7 Å². The second-order valence-corrected chi connectivity index (χ2v) is 6.14. The molecule has 138 valence electrons. The van der Waals surface area contributed by atoms with E-state index < -0.39 is 5.91 Å². The molecule has 0 aliphatic carbocycles. The third-order valence-corrected chi connectivity index (χ3v) is 4.04. The Labute approximate surface area is 162 Å². The molecule has 2 aromatic carbocycles. The van der Waals surface area contributed by atoms with Crippen molar-refractivity contribution in [1.82, 2.24) is 0 Å². The first-order valence-electron chi connectivity index (χ1n) is 7.99. The van der Waals surface area contributed by atoms with Crippen molar-refractivity contribution in [3.05, 3.63) is 58.1 Å². The maximum atomic E-state index is 12.5. The van der Waals surface area contributed by atoms with Gasteiger partial charge in [-0.2, -0.15) is 5.26 Å². The van der Waals surface area contributed by atoms with E-state index in [1.807, 2.05) is 6.07 Å². The molecule has 2 amide bonds. The van der Waals surface area contributed by atoms with Gasteiger partial charge in [0.2, 0.25) is 5.91 Å². The Morgan fingerprint density at radius 3 is 2.41 bits per heavy atom. The van der Waals surface area contributed by atoms with E-state index >= 15 is 0 Å². The lowest BCUT2D eigenvalue weighted by Gasteiger charge is -2.12. The van der Waals surface area contributed by atoms with Crippen molar-refractivity contribution >= 4 is 40.9 Å². The molecule has 0 saturated carbocycles. The first-order chi connectivity index (χ1) is 12.8. The van der Waals surface area contributed by atoms with E-state index in [1.54, 1.807) is 43.3 Å². The summed E-state index contributed by atoms with van der Waals surface area (Å²) in [5.41, 5.74) is 2.39. The number of hydrogen-bond acceptors (Lipinski definition) is 4. The summed E-state index contributed by atoms with van der Waals surface area (Å²) >= 11 is 6.06. The SMILES string of the molecule is COc1cc(Cl)c(C)cc1NC(=O)/C(C#N)=C/c1ccc(NC(C)=O)cc1. The third-order valence-electron chi connectivity index (χ3n) is 3.64. The Balaban J connectivity index is 2.23. The number of nitriles is 1. The normalized spacial score (nSPS) is 10.7. The molecule has 6 nitrogen and oxygen atoms in total. The highest BCUT2D eigenvalue weighted by Crippen LogP contribution is 2.31. The summed E-state index contributed by atoms with van der Waals surface area (Å²) in [5.74, 6) is -0.345. The quantitative estimate of drug-likeness (QED) is 0.599. The number of carbonyl (C=O) groups excluding carboxylic acids is 2. The van der Waals surface area contributed by atoms with Gasteiger partial charge in [0.25, 0.3) is 5.91 Å². The highest BCUT2D eigenvalue weighted by atomic mass is 35.5. The van der Waals surface area contributed by atoms with Crippen LogP contribution in [0.4, 0.5) is 11.4 Å². The van der Waals surface area contributed by atoms with Crippen LogP contribution < -0.4 is 15.4 Å². The topological polar surface area (TPSA) is 91.2 Å². The summed E-state index contributed by atoms with van der Waals surface area (Å²) in [4.78, 5) is 23.5. The smallest absolute Gasteiger partial charge is 0.266 e. The number of amides is 2. The molecule has 0 aliphatic heterocycles. The minimum Gasteiger partial charge on any atom is -0.495 e. The van der Waals surface area contributed by atoms with Gasteiger partial charge in [0.15, 0.2) is 0 Å². The molecule has 2 aromatic rings. The molecule has 0 heterocycles. The van der Waals surface area contributed by atoms with Crippen molar-refractivity contribution < 1.29 is 14.3 Å². The number of carbonyl (C=O) groups is 2. The number of ether oxygens (including phenoxy) is 1. The van der Waals surface area contributed by atoms with E-state index in [0.29, 0.717) is 27.7 Å². The van der Waals surface area contributed by atoms with Gasteiger partial charge in [-0.15, -0.1) is 0 Å². The fourth-order valence-electron chi connectivity index (χ4n) is 2.30. The van der Waals surface area contributed by atoms with Crippen LogP contribution >= 0.6 is 11.6 Å². The predicted octanol–water partition coefficient (Wildman–Crippen LogP) is 4.16. The minimum atomic E-state index is -0.566. The molecule has 0 fully saturated rings. The number of methoxy groups -OCH3 is 1. The molecule has 0 saturated heterocycles. The van der Waals surface area contributed by atoms with Crippen LogP contribution in [0.5, 0.6) is 5.75 Å². The van der Waals surface area contributed by atoms with Gasteiger partial charge in [-0.25, -0.2) is 0 Å². The molecule has 7 heteroatoms. The molecule has 0 radical (unpaired) electrons. The number of aryl methyl sites for hydroxylation is 1. The maximum absolute atomic E-state index is 12.5. The van der Waals surface area contributed by atoms with Crippen molar-refractivity contribution in [1.29, 1.82) is 5.26 Å². The highest BCUT2D eigenvalue weighted by Gasteiger charge is 2.14. The lowest BCUT2D eigenvalue weighted by molar-refractivity contribution is -0.114. The average Bonchev–Trinajstić information content (AvgIpc) is 2.63. The van der Waals surface area contributed by atoms with E-state index in [9.17, 15) is 14.9 Å². The molecule has 2 rings (SSSR count). The van der Waals surface area contributed by atoms with Crippen LogP contribution in [0.2, 0.25) is 5.02 Å². The Morgan fingerprint density at radius 2 is 1.85 bits per heavy atom. The highest BCUT2D eigenvalue weighted by molar-refractivity contribution is 6.31. The van der Waals surface area contributed by atoms with E-state index in [2.05, 4.69) is 10.6 Å². The fourth-order valence-corrected chi connectivity index (χ4v) is 2.45. The summed E-state index contributed by atoms with van der Waals surface area (Å²) in [6, 6.07) is 11.9. The molecule has 2 N–H and O–H groups in total. The van der Waals surface area contributed by atoms with Crippen molar-refractivity contribution in [2.24, 2.45) is 0 Å². The van der Waals surface area contributed by atoms with Crippen LogP contribution in [0.25, 0.3) is 6.08 Å². The fraction of sp³-hybridized carbons (Fsp3) is 0.150. The summed E-state index contributed by atoms with van der Waals surface area (Å²) < 4.78 is 5.22. The van der Waals surface area contributed by atoms with Gasteiger partial charge in [-0.05, 0) is 42.3 Å². The van der Waals surface area contributed by atoms with Crippen LogP contribution in [-0.2, 0) is 9.59 Å². The molecular formula is C20H18ClN3O3. The van der Waals surface area contributed by atoms with E-state index in [0.717, 1.165) is 5.56 Å². The van der Waals surface area contributed by atoms with Gasteiger partial charge in [-0.3, -0.25) is 9.59 Å². The number of nitrogens with zero attached hydrogens (tertiary/aromatic N) is 1. The van der Waals surface area contributed by atoms with Crippen LogP contribution in [-0.4, -0.2) is 18.9 Å². The van der Waals surface area contributed by atoms with Crippen molar-refractivity contribution in [2.45, 2.75) is 13.8 Å². The molecule has 0 unspecified atom stereocenters. The average molecular weight is 384 g/mol. The Hall–Kier alpha value is -3.30. The number of anilines is 2. The number of benzene rings is 2. The standard InChI is InChI=1S/C20H18ClN3O3/c1-12-8-18(19(27-3)10-17(12)21)24-20(26)15(11-22)9-14-4-6-16(7-5-14)23-13(2)25/h4-10H,1-3H3,(H,23,25)(H,24,26)/b15-9+. The molecule has 0 bridgehead atoms.